The molecule has 3 N–H and O–H groups in total. The zero-order valence-corrected chi connectivity index (χ0v) is 49.6. The maximum absolute atomic E-state index is 12.5. The molecule has 6 nitrogen and oxygen atoms in total. The molecule has 0 rings (SSSR count). The minimum Gasteiger partial charge on any atom is -0.466 e. The SMILES string of the molecule is CCCCCCCCC/C=C\CCCCCCCC(=O)OCCCCCCCCCCC/C=C\C/C=C\CCCCCCCCCCCC(=O)NC(CO)C(O)/C=C/CCCCCCCCCCCCCCCC. The normalized spacial score (nSPS) is 12.9. The lowest BCUT2D eigenvalue weighted by atomic mass is 10.0. The van der Waals surface area contributed by atoms with Gasteiger partial charge >= 0.3 is 5.97 Å². The van der Waals surface area contributed by atoms with Gasteiger partial charge in [-0.3, -0.25) is 9.59 Å². The standard InChI is InChI=1S/C68H127NO5/c1-3-5-7-9-11-13-15-17-19-32-36-40-44-48-52-56-60-66(71)65(64-70)69-67(72)61-57-53-49-45-41-37-33-30-28-26-24-22-21-23-25-27-29-31-35-39-43-47-51-55-59-63-74-68(73)62-58-54-50-46-42-38-34-20-18-16-14-12-10-8-6-4-2/h20,22-25,34,56,60,65-66,70-71H,3-19,21,26-33,35-55,57-59,61-64H2,1-2H3,(H,69,72)/b24-22-,25-23-,34-20-,60-56+. The number of hydrogen-bond acceptors (Lipinski definition) is 5. The molecular weight excluding hydrogens is 911 g/mol. The Morgan fingerprint density at radius 2 is 0.676 bits per heavy atom. The van der Waals surface area contributed by atoms with Crippen molar-refractivity contribution in [2.75, 3.05) is 13.2 Å². The van der Waals surface area contributed by atoms with E-state index in [-0.39, 0.29) is 18.5 Å². The molecule has 0 aromatic rings. The van der Waals surface area contributed by atoms with Crippen LogP contribution in [0.4, 0.5) is 0 Å². The van der Waals surface area contributed by atoms with Gasteiger partial charge < -0.3 is 20.3 Å². The van der Waals surface area contributed by atoms with Crippen LogP contribution in [0.3, 0.4) is 0 Å². The second kappa shape index (κ2) is 63.4. The average Bonchev–Trinajstić information content (AvgIpc) is 3.40. The average molecular weight is 1040 g/mol. The minimum absolute atomic E-state index is 0.00109. The zero-order valence-electron chi connectivity index (χ0n) is 49.6. The number of esters is 1. The van der Waals surface area contributed by atoms with Crippen LogP contribution in [0.25, 0.3) is 0 Å². The maximum atomic E-state index is 12.5. The van der Waals surface area contributed by atoms with Gasteiger partial charge in [-0.2, -0.15) is 0 Å². The van der Waals surface area contributed by atoms with Crippen molar-refractivity contribution in [1.82, 2.24) is 5.32 Å². The molecule has 0 aliphatic heterocycles. The number of carbonyl (C=O) groups is 2. The van der Waals surface area contributed by atoms with Crippen LogP contribution < -0.4 is 5.32 Å². The number of ether oxygens (including phenoxy) is 1. The summed E-state index contributed by atoms with van der Waals surface area (Å²) in [5, 5.41) is 23.2. The predicted molar refractivity (Wildman–Crippen MR) is 324 cm³/mol. The molecule has 0 bridgehead atoms. The minimum atomic E-state index is -0.849. The summed E-state index contributed by atoms with van der Waals surface area (Å²) in [6, 6.07) is -0.633. The van der Waals surface area contributed by atoms with Crippen LogP contribution in [-0.4, -0.2) is 47.4 Å². The summed E-state index contributed by atoms with van der Waals surface area (Å²) < 4.78 is 5.48. The Hall–Kier alpha value is -2.18. The highest BCUT2D eigenvalue weighted by molar-refractivity contribution is 5.76. The van der Waals surface area contributed by atoms with Gasteiger partial charge in [-0.25, -0.2) is 0 Å². The van der Waals surface area contributed by atoms with Gasteiger partial charge in [0.1, 0.15) is 0 Å². The molecule has 0 aliphatic rings. The van der Waals surface area contributed by atoms with E-state index in [0.29, 0.717) is 19.4 Å². The van der Waals surface area contributed by atoms with Crippen molar-refractivity contribution >= 4 is 11.9 Å². The maximum Gasteiger partial charge on any atom is 0.305 e. The molecule has 0 aromatic heterocycles. The molecule has 0 saturated carbocycles. The first-order valence-electron chi connectivity index (χ1n) is 32.9. The lowest BCUT2D eigenvalue weighted by Crippen LogP contribution is -2.45. The summed E-state index contributed by atoms with van der Waals surface area (Å²) >= 11 is 0. The Bertz CT molecular complexity index is 1240. The van der Waals surface area contributed by atoms with Gasteiger partial charge in [0.15, 0.2) is 0 Å². The van der Waals surface area contributed by atoms with Crippen molar-refractivity contribution < 1.29 is 24.5 Å². The van der Waals surface area contributed by atoms with Crippen LogP contribution in [0.1, 0.15) is 348 Å². The molecular formula is C68H127NO5. The number of allylic oxidation sites excluding steroid dienone is 7. The number of aliphatic hydroxyl groups is 2. The Morgan fingerprint density at radius 3 is 1.04 bits per heavy atom. The third-order valence-electron chi connectivity index (χ3n) is 15.1. The summed E-state index contributed by atoms with van der Waals surface area (Å²) in [6.45, 7) is 4.91. The van der Waals surface area contributed by atoms with Gasteiger partial charge in [0.2, 0.25) is 5.91 Å². The summed E-state index contributed by atoms with van der Waals surface area (Å²) in [7, 11) is 0. The highest BCUT2D eigenvalue weighted by Crippen LogP contribution is 2.17. The van der Waals surface area contributed by atoms with E-state index < -0.39 is 12.1 Å². The molecule has 0 heterocycles. The van der Waals surface area contributed by atoms with Crippen molar-refractivity contribution in [2.24, 2.45) is 0 Å². The molecule has 2 unspecified atom stereocenters. The molecule has 0 aliphatic carbocycles. The Balaban J connectivity index is 3.45. The Kier molecular flexibility index (Phi) is 61.5. The monoisotopic (exact) mass is 1040 g/mol. The first kappa shape index (κ1) is 71.8. The third kappa shape index (κ3) is 59.1. The van der Waals surface area contributed by atoms with Crippen LogP contribution in [0.15, 0.2) is 48.6 Å². The third-order valence-corrected chi connectivity index (χ3v) is 15.1. The van der Waals surface area contributed by atoms with Crippen LogP contribution in [0, 0.1) is 0 Å². The molecule has 434 valence electrons. The Labute approximate surface area is 461 Å². The van der Waals surface area contributed by atoms with E-state index in [2.05, 4.69) is 55.6 Å². The van der Waals surface area contributed by atoms with Gasteiger partial charge in [-0.15, -0.1) is 0 Å². The highest BCUT2D eigenvalue weighted by Gasteiger charge is 2.18. The smallest absolute Gasteiger partial charge is 0.305 e. The second-order valence-corrected chi connectivity index (χ2v) is 22.4. The van der Waals surface area contributed by atoms with Gasteiger partial charge in [0.05, 0.1) is 25.4 Å². The van der Waals surface area contributed by atoms with E-state index in [1.54, 1.807) is 6.08 Å². The quantitative estimate of drug-likeness (QED) is 0.0320. The van der Waals surface area contributed by atoms with Crippen molar-refractivity contribution in [2.45, 2.75) is 360 Å². The predicted octanol–water partition coefficient (Wildman–Crippen LogP) is 20.9. The Morgan fingerprint density at radius 1 is 0.378 bits per heavy atom. The van der Waals surface area contributed by atoms with Gasteiger partial charge in [-0.1, -0.05) is 294 Å². The molecule has 6 heteroatoms. The molecule has 0 saturated heterocycles. The summed E-state index contributed by atoms with van der Waals surface area (Å²) in [5.74, 6) is -0.0719. The van der Waals surface area contributed by atoms with E-state index >= 15 is 0 Å². The van der Waals surface area contributed by atoms with Gasteiger partial charge in [0, 0.05) is 12.8 Å². The van der Waals surface area contributed by atoms with Crippen LogP contribution in [0.2, 0.25) is 0 Å². The van der Waals surface area contributed by atoms with E-state index in [9.17, 15) is 19.8 Å². The van der Waals surface area contributed by atoms with Crippen LogP contribution in [-0.2, 0) is 14.3 Å². The van der Waals surface area contributed by atoms with E-state index in [1.165, 1.54) is 270 Å². The fourth-order valence-electron chi connectivity index (χ4n) is 10.0. The van der Waals surface area contributed by atoms with Crippen molar-refractivity contribution in [1.29, 1.82) is 0 Å². The van der Waals surface area contributed by atoms with Crippen LogP contribution >= 0.6 is 0 Å². The van der Waals surface area contributed by atoms with Gasteiger partial charge in [-0.05, 0) is 89.9 Å². The number of hydrogen-bond donors (Lipinski definition) is 3. The largest absolute Gasteiger partial charge is 0.466 e. The van der Waals surface area contributed by atoms with Gasteiger partial charge in [0.25, 0.3) is 0 Å². The molecule has 1 amide bonds. The fraction of sp³-hybridized carbons (Fsp3) is 0.853. The molecule has 2 atom stereocenters. The number of aliphatic hydroxyl groups excluding tert-OH is 2. The first-order valence-corrected chi connectivity index (χ1v) is 32.9. The number of unbranched alkanes of at least 4 members (excludes halogenated alkanes) is 44. The number of amides is 1. The topological polar surface area (TPSA) is 95.9 Å². The van der Waals surface area contributed by atoms with E-state index in [0.717, 1.165) is 51.4 Å². The molecule has 0 radical (unpaired) electrons. The second-order valence-electron chi connectivity index (χ2n) is 22.4. The summed E-state index contributed by atoms with van der Waals surface area (Å²) in [4.78, 5) is 24.5. The van der Waals surface area contributed by atoms with Crippen molar-refractivity contribution in [3.63, 3.8) is 0 Å². The van der Waals surface area contributed by atoms with Crippen molar-refractivity contribution in [3.05, 3.63) is 48.6 Å². The fourth-order valence-corrected chi connectivity index (χ4v) is 10.0. The number of carbonyl (C=O) groups excluding carboxylic acids is 2. The number of rotatable bonds is 61. The van der Waals surface area contributed by atoms with Crippen molar-refractivity contribution in [3.8, 4) is 0 Å². The first-order chi connectivity index (χ1) is 36.5. The number of nitrogens with one attached hydrogen (secondary N) is 1. The van der Waals surface area contributed by atoms with Crippen LogP contribution in [0.5, 0.6) is 0 Å². The molecule has 0 aromatic carbocycles. The van der Waals surface area contributed by atoms with E-state index in [4.69, 9.17) is 4.74 Å². The summed E-state index contributed by atoms with van der Waals surface area (Å²) in [6.07, 6.45) is 81.6. The molecule has 0 fully saturated rings. The highest BCUT2D eigenvalue weighted by atomic mass is 16.5. The molecule has 0 spiro atoms. The zero-order chi connectivity index (χ0) is 53.6. The lowest BCUT2D eigenvalue weighted by Gasteiger charge is -2.20. The summed E-state index contributed by atoms with van der Waals surface area (Å²) in [5.41, 5.74) is 0. The molecule has 74 heavy (non-hydrogen) atoms. The lowest BCUT2D eigenvalue weighted by molar-refractivity contribution is -0.143. The van der Waals surface area contributed by atoms with E-state index in [1.807, 2.05) is 6.08 Å².